The average Bonchev–Trinajstić information content (AvgIpc) is 2.59. The summed E-state index contributed by atoms with van der Waals surface area (Å²) in [4.78, 5) is 23.4. The van der Waals surface area contributed by atoms with Crippen molar-refractivity contribution in [3.63, 3.8) is 0 Å². The molecule has 1 aliphatic carbocycles. The minimum atomic E-state index is -3.39. The summed E-state index contributed by atoms with van der Waals surface area (Å²) < 4.78 is 26.4. The van der Waals surface area contributed by atoms with Crippen molar-refractivity contribution in [2.24, 2.45) is 5.92 Å². The smallest absolute Gasteiger partial charge is 0.335 e. The maximum atomic E-state index is 12.4. The van der Waals surface area contributed by atoms with Gasteiger partial charge in [-0.3, -0.25) is 4.79 Å². The molecule has 0 bridgehead atoms. The highest BCUT2D eigenvalue weighted by Gasteiger charge is 2.34. The lowest BCUT2D eigenvalue weighted by molar-refractivity contribution is -0.126. The molecule has 1 aromatic rings. The number of aromatic carboxylic acids is 1. The number of carbonyl (C=O) groups excluding carboxylic acids is 1. The molecule has 0 saturated heterocycles. The highest BCUT2D eigenvalue weighted by molar-refractivity contribution is 7.90. The molecule has 1 aliphatic rings. The predicted molar refractivity (Wildman–Crippen MR) is 103 cm³/mol. The Morgan fingerprint density at radius 1 is 1.15 bits per heavy atom. The zero-order valence-corrected chi connectivity index (χ0v) is 16.8. The minimum absolute atomic E-state index is 0.0761. The highest BCUT2D eigenvalue weighted by atomic mass is 32.2. The molecule has 0 atom stereocenters. The summed E-state index contributed by atoms with van der Waals surface area (Å²) in [7, 11) is -3.39. The number of benzene rings is 1. The summed E-state index contributed by atoms with van der Waals surface area (Å²) in [5.74, 6) is -1.23. The number of nitrogens with one attached hydrogen (secondary N) is 2. The van der Waals surface area contributed by atoms with E-state index in [1.54, 1.807) is 39.0 Å². The topological polar surface area (TPSA) is 113 Å². The van der Waals surface area contributed by atoms with Gasteiger partial charge < -0.3 is 10.4 Å². The Morgan fingerprint density at radius 3 is 2.33 bits per heavy atom. The molecule has 0 aromatic heterocycles. The van der Waals surface area contributed by atoms with E-state index in [0.29, 0.717) is 25.7 Å². The first-order chi connectivity index (χ1) is 12.5. The number of sulfonamides is 1. The maximum absolute atomic E-state index is 12.4. The quantitative estimate of drug-likeness (QED) is 0.683. The van der Waals surface area contributed by atoms with Crippen molar-refractivity contribution in [3.05, 3.63) is 35.4 Å². The van der Waals surface area contributed by atoms with Crippen LogP contribution in [0.15, 0.2) is 24.3 Å². The third-order valence-electron chi connectivity index (χ3n) is 4.87. The Morgan fingerprint density at radius 2 is 1.78 bits per heavy atom. The van der Waals surface area contributed by atoms with Crippen molar-refractivity contribution in [1.82, 2.24) is 10.0 Å². The SMILES string of the molecule is CC(C)(C)S(=O)(=O)NC1CCC(C(=O)NCc2cccc(C(=O)O)c2)CC1. The zero-order valence-electron chi connectivity index (χ0n) is 16.0. The summed E-state index contributed by atoms with van der Waals surface area (Å²) in [5, 5.41) is 11.9. The average molecular weight is 397 g/mol. The van der Waals surface area contributed by atoms with E-state index < -0.39 is 20.7 Å². The first-order valence-electron chi connectivity index (χ1n) is 9.11. The zero-order chi connectivity index (χ0) is 20.2. The molecule has 2 rings (SSSR count). The van der Waals surface area contributed by atoms with Gasteiger partial charge in [-0.15, -0.1) is 0 Å². The lowest BCUT2D eigenvalue weighted by Crippen LogP contribution is -2.46. The molecule has 0 heterocycles. The molecule has 1 amide bonds. The Balaban J connectivity index is 1.83. The van der Waals surface area contributed by atoms with E-state index in [1.807, 2.05) is 0 Å². The van der Waals surface area contributed by atoms with Gasteiger partial charge in [0.1, 0.15) is 0 Å². The molecule has 3 N–H and O–H groups in total. The van der Waals surface area contributed by atoms with Crippen molar-refractivity contribution in [2.75, 3.05) is 0 Å². The minimum Gasteiger partial charge on any atom is -0.478 e. The Labute approximate surface area is 160 Å². The third kappa shape index (κ3) is 5.77. The number of hydrogen-bond acceptors (Lipinski definition) is 4. The van der Waals surface area contributed by atoms with E-state index in [9.17, 15) is 18.0 Å². The third-order valence-corrected chi connectivity index (χ3v) is 7.12. The summed E-state index contributed by atoms with van der Waals surface area (Å²) in [6, 6.07) is 6.34. The van der Waals surface area contributed by atoms with Crippen LogP contribution >= 0.6 is 0 Å². The number of hydrogen-bond donors (Lipinski definition) is 3. The van der Waals surface area contributed by atoms with Gasteiger partial charge in [0.25, 0.3) is 0 Å². The molecular weight excluding hydrogens is 368 g/mol. The van der Waals surface area contributed by atoms with Gasteiger partial charge in [-0.1, -0.05) is 12.1 Å². The van der Waals surface area contributed by atoms with Crippen molar-refractivity contribution >= 4 is 21.9 Å². The molecule has 150 valence electrons. The molecule has 1 saturated carbocycles. The number of amides is 1. The number of carboxylic acid groups (broad SMARTS) is 1. The summed E-state index contributed by atoms with van der Waals surface area (Å²) in [6.07, 6.45) is 2.50. The van der Waals surface area contributed by atoms with Gasteiger partial charge in [0, 0.05) is 18.5 Å². The Bertz CT molecular complexity index is 791. The molecule has 0 spiro atoms. The lowest BCUT2D eigenvalue weighted by atomic mass is 9.86. The molecule has 27 heavy (non-hydrogen) atoms. The van der Waals surface area contributed by atoms with Crippen LogP contribution in [0.3, 0.4) is 0 Å². The lowest BCUT2D eigenvalue weighted by Gasteiger charge is -2.30. The summed E-state index contributed by atoms with van der Waals surface area (Å²) in [5.41, 5.74) is 0.920. The molecule has 1 fully saturated rings. The van der Waals surface area contributed by atoms with Gasteiger partial charge in [0.2, 0.25) is 15.9 Å². The number of carboxylic acids is 1. The number of rotatable bonds is 6. The fourth-order valence-electron chi connectivity index (χ4n) is 3.02. The molecule has 0 radical (unpaired) electrons. The molecular formula is C19H28N2O5S. The van der Waals surface area contributed by atoms with E-state index in [1.165, 1.54) is 6.07 Å². The van der Waals surface area contributed by atoms with Crippen LogP contribution in [0.4, 0.5) is 0 Å². The second-order valence-corrected chi connectivity index (χ2v) is 10.5. The van der Waals surface area contributed by atoms with Crippen molar-refractivity contribution in [2.45, 2.75) is 63.8 Å². The molecule has 0 unspecified atom stereocenters. The normalized spacial score (nSPS) is 20.9. The van der Waals surface area contributed by atoms with E-state index in [0.717, 1.165) is 5.56 Å². The van der Waals surface area contributed by atoms with Gasteiger partial charge in [-0.05, 0) is 64.2 Å². The summed E-state index contributed by atoms with van der Waals surface area (Å²) >= 11 is 0. The molecule has 0 aliphatic heterocycles. The Hall–Kier alpha value is -1.93. The first-order valence-corrected chi connectivity index (χ1v) is 10.6. The van der Waals surface area contributed by atoms with Crippen LogP contribution in [-0.2, 0) is 21.4 Å². The van der Waals surface area contributed by atoms with Gasteiger partial charge in [-0.2, -0.15) is 0 Å². The monoisotopic (exact) mass is 396 g/mol. The van der Waals surface area contributed by atoms with Gasteiger partial charge >= 0.3 is 5.97 Å². The van der Waals surface area contributed by atoms with Crippen LogP contribution in [0, 0.1) is 5.92 Å². The molecule has 8 heteroatoms. The fourth-order valence-corrected chi connectivity index (χ4v) is 4.05. The van der Waals surface area contributed by atoms with Crippen LogP contribution in [0.5, 0.6) is 0 Å². The van der Waals surface area contributed by atoms with Crippen molar-refractivity contribution in [1.29, 1.82) is 0 Å². The van der Waals surface area contributed by atoms with E-state index in [4.69, 9.17) is 5.11 Å². The molecule has 7 nitrogen and oxygen atoms in total. The van der Waals surface area contributed by atoms with Crippen LogP contribution in [0.1, 0.15) is 62.4 Å². The standard InChI is InChI=1S/C19H28N2O5S/c1-19(2,3)27(25,26)21-16-9-7-14(8-10-16)17(22)20-12-13-5-4-6-15(11-13)18(23)24/h4-6,11,14,16,21H,7-10,12H2,1-3H3,(H,20,22)(H,23,24). The second kappa shape index (κ2) is 8.39. The fraction of sp³-hybridized carbons (Fsp3) is 0.579. The van der Waals surface area contributed by atoms with Crippen LogP contribution < -0.4 is 10.0 Å². The van der Waals surface area contributed by atoms with Gasteiger partial charge in [0.15, 0.2) is 0 Å². The molecule has 1 aromatic carbocycles. The highest BCUT2D eigenvalue weighted by Crippen LogP contribution is 2.26. The summed E-state index contributed by atoms with van der Waals surface area (Å²) in [6.45, 7) is 5.26. The van der Waals surface area contributed by atoms with Crippen LogP contribution in [-0.4, -0.2) is 36.2 Å². The van der Waals surface area contributed by atoms with E-state index >= 15 is 0 Å². The predicted octanol–water partition coefficient (Wildman–Crippen LogP) is 2.28. The van der Waals surface area contributed by atoms with E-state index in [2.05, 4.69) is 10.0 Å². The van der Waals surface area contributed by atoms with Gasteiger partial charge in [-0.25, -0.2) is 17.9 Å². The first kappa shape index (κ1) is 21.4. The number of carbonyl (C=O) groups is 2. The largest absolute Gasteiger partial charge is 0.478 e. The van der Waals surface area contributed by atoms with Crippen LogP contribution in [0.2, 0.25) is 0 Å². The Kier molecular flexibility index (Phi) is 6.64. The van der Waals surface area contributed by atoms with Gasteiger partial charge in [0.05, 0.1) is 10.3 Å². The maximum Gasteiger partial charge on any atom is 0.335 e. The second-order valence-electron chi connectivity index (χ2n) is 8.01. The van der Waals surface area contributed by atoms with E-state index in [-0.39, 0.29) is 30.0 Å². The van der Waals surface area contributed by atoms with Crippen LogP contribution in [0.25, 0.3) is 0 Å². The van der Waals surface area contributed by atoms with Crippen molar-refractivity contribution in [3.8, 4) is 0 Å². The van der Waals surface area contributed by atoms with Crippen molar-refractivity contribution < 1.29 is 23.1 Å².